The first-order valence-electron chi connectivity index (χ1n) is 8.35. The highest BCUT2D eigenvalue weighted by Crippen LogP contribution is 2.17. The van der Waals surface area contributed by atoms with E-state index in [1.807, 2.05) is 24.3 Å². The molecule has 3 rings (SSSR count). The van der Waals surface area contributed by atoms with E-state index >= 15 is 0 Å². The van der Waals surface area contributed by atoms with E-state index in [9.17, 15) is 8.42 Å². The van der Waals surface area contributed by atoms with Crippen LogP contribution in [0.5, 0.6) is 0 Å². The molecule has 0 aromatic heterocycles. The number of nitrogens with one attached hydrogen (secondary N) is 1. The van der Waals surface area contributed by atoms with Crippen LogP contribution in [-0.2, 0) is 16.6 Å². The predicted molar refractivity (Wildman–Crippen MR) is 103 cm³/mol. The van der Waals surface area contributed by atoms with Gasteiger partial charge in [-0.25, -0.2) is 13.1 Å². The van der Waals surface area contributed by atoms with Crippen molar-refractivity contribution in [2.45, 2.75) is 30.3 Å². The number of hydrogen-bond donors (Lipinski definition) is 1. The molecule has 0 spiro atoms. The molecule has 1 aliphatic heterocycles. The zero-order valence-electron chi connectivity index (χ0n) is 14.3. The van der Waals surface area contributed by atoms with E-state index in [1.165, 1.54) is 17.7 Å². The minimum absolute atomic E-state index is 0. The molecule has 0 aliphatic carbocycles. The van der Waals surface area contributed by atoms with Crippen molar-refractivity contribution in [1.82, 2.24) is 9.62 Å². The van der Waals surface area contributed by atoms with Crippen LogP contribution in [0.2, 0.25) is 0 Å². The smallest absolute Gasteiger partial charge is 0.240 e. The second kappa shape index (κ2) is 9.15. The maximum Gasteiger partial charge on any atom is 0.240 e. The van der Waals surface area contributed by atoms with Gasteiger partial charge in [0.25, 0.3) is 0 Å². The van der Waals surface area contributed by atoms with Crippen molar-refractivity contribution >= 4 is 22.4 Å². The zero-order chi connectivity index (χ0) is 17.7. The van der Waals surface area contributed by atoms with Crippen molar-refractivity contribution in [3.63, 3.8) is 0 Å². The lowest BCUT2D eigenvalue weighted by molar-refractivity contribution is 0.200. The molecular formula is C19H22ClN3O2S. The second-order valence-corrected chi connectivity index (χ2v) is 8.01. The normalized spacial score (nSPS) is 15.8. The third-order valence-electron chi connectivity index (χ3n) is 4.43. The minimum Gasteiger partial charge on any atom is -0.299 e. The summed E-state index contributed by atoms with van der Waals surface area (Å²) in [7, 11) is -3.59. The van der Waals surface area contributed by atoms with Crippen LogP contribution in [-0.4, -0.2) is 32.4 Å². The Kier molecular flexibility index (Phi) is 7.18. The fourth-order valence-corrected chi connectivity index (χ4v) is 4.42. The van der Waals surface area contributed by atoms with Crippen LogP contribution in [0.4, 0.5) is 0 Å². The van der Waals surface area contributed by atoms with E-state index < -0.39 is 10.0 Å². The highest BCUT2D eigenvalue weighted by Gasteiger charge is 2.24. The summed E-state index contributed by atoms with van der Waals surface area (Å²) >= 11 is 0. The molecule has 0 amide bonds. The third-order valence-corrected chi connectivity index (χ3v) is 5.95. The standard InChI is InChI=1S/C19H21N3O2S.ClH/c20-14-17-7-4-8-19(13-17)25(23,24)21-18-9-11-22(12-10-18)15-16-5-2-1-3-6-16;/h1-8,13,18,21H,9-12,15H2;1H. The van der Waals surface area contributed by atoms with Crippen LogP contribution in [0.15, 0.2) is 59.5 Å². The molecule has 5 nitrogen and oxygen atoms in total. The summed E-state index contributed by atoms with van der Waals surface area (Å²) in [4.78, 5) is 2.49. The molecule has 1 aliphatic rings. The van der Waals surface area contributed by atoms with E-state index in [0.717, 1.165) is 32.5 Å². The van der Waals surface area contributed by atoms with E-state index in [4.69, 9.17) is 5.26 Å². The molecule has 1 fully saturated rings. The van der Waals surface area contributed by atoms with Crippen LogP contribution >= 0.6 is 12.4 Å². The summed E-state index contributed by atoms with van der Waals surface area (Å²) in [5.74, 6) is 0. The highest BCUT2D eigenvalue weighted by atomic mass is 35.5. The van der Waals surface area contributed by atoms with Gasteiger partial charge in [-0.15, -0.1) is 12.4 Å². The summed E-state index contributed by atoms with van der Waals surface area (Å²) in [5, 5.41) is 8.93. The van der Waals surface area contributed by atoms with Crippen LogP contribution < -0.4 is 4.72 Å². The number of sulfonamides is 1. The summed E-state index contributed by atoms with van der Waals surface area (Å²) < 4.78 is 27.8. The van der Waals surface area contributed by atoms with Crippen molar-refractivity contribution < 1.29 is 8.42 Å². The monoisotopic (exact) mass is 391 g/mol. The Morgan fingerprint density at radius 3 is 2.42 bits per heavy atom. The molecule has 7 heteroatoms. The summed E-state index contributed by atoms with van der Waals surface area (Å²) in [6.07, 6.45) is 1.56. The highest BCUT2D eigenvalue weighted by molar-refractivity contribution is 7.89. The quantitative estimate of drug-likeness (QED) is 0.850. The average molecular weight is 392 g/mol. The fraction of sp³-hybridized carbons (Fsp3) is 0.316. The second-order valence-electron chi connectivity index (χ2n) is 6.30. The lowest BCUT2D eigenvalue weighted by Gasteiger charge is -2.32. The predicted octanol–water partition coefficient (Wildman–Crippen LogP) is 2.92. The first kappa shape index (κ1) is 20.4. The topological polar surface area (TPSA) is 73.2 Å². The van der Waals surface area contributed by atoms with Gasteiger partial charge in [0.15, 0.2) is 0 Å². The summed E-state index contributed by atoms with van der Waals surface area (Å²) in [5.41, 5.74) is 1.62. The summed E-state index contributed by atoms with van der Waals surface area (Å²) in [6, 6.07) is 18.3. The number of piperidine rings is 1. The Bertz CT molecular complexity index is 858. The van der Waals surface area contributed by atoms with Crippen LogP contribution in [0.3, 0.4) is 0 Å². The molecule has 2 aromatic rings. The molecule has 0 radical (unpaired) electrons. The Labute approximate surface area is 161 Å². The van der Waals surface area contributed by atoms with Crippen LogP contribution in [0, 0.1) is 11.3 Å². The van der Waals surface area contributed by atoms with Gasteiger partial charge in [0.05, 0.1) is 16.5 Å². The number of nitriles is 1. The molecule has 138 valence electrons. The molecule has 0 unspecified atom stereocenters. The third kappa shape index (κ3) is 5.29. The lowest BCUT2D eigenvalue weighted by atomic mass is 10.1. The molecule has 0 bridgehead atoms. The Morgan fingerprint density at radius 2 is 1.77 bits per heavy atom. The first-order valence-corrected chi connectivity index (χ1v) is 9.84. The van der Waals surface area contributed by atoms with Crippen LogP contribution in [0.1, 0.15) is 24.0 Å². The average Bonchev–Trinajstić information content (AvgIpc) is 2.64. The van der Waals surface area contributed by atoms with Crippen LogP contribution in [0.25, 0.3) is 0 Å². The molecular weight excluding hydrogens is 370 g/mol. The molecule has 1 saturated heterocycles. The maximum atomic E-state index is 12.5. The van der Waals surface area contributed by atoms with Gasteiger partial charge in [-0.1, -0.05) is 36.4 Å². The van der Waals surface area contributed by atoms with Gasteiger partial charge in [0.1, 0.15) is 0 Å². The van der Waals surface area contributed by atoms with Gasteiger partial charge in [-0.3, -0.25) is 4.90 Å². The van der Waals surface area contributed by atoms with Crippen molar-refractivity contribution in [1.29, 1.82) is 5.26 Å². The number of likely N-dealkylation sites (tertiary alicyclic amines) is 1. The molecule has 1 N–H and O–H groups in total. The number of nitrogens with zero attached hydrogens (tertiary/aromatic N) is 2. The largest absolute Gasteiger partial charge is 0.299 e. The van der Waals surface area contributed by atoms with Crippen molar-refractivity contribution in [3.8, 4) is 6.07 Å². The molecule has 0 saturated carbocycles. The number of halogens is 1. The minimum atomic E-state index is -3.59. The number of hydrogen-bond acceptors (Lipinski definition) is 4. The lowest BCUT2D eigenvalue weighted by Crippen LogP contribution is -2.44. The van der Waals surface area contributed by atoms with Crippen molar-refractivity contribution in [2.24, 2.45) is 0 Å². The van der Waals surface area contributed by atoms with Crippen molar-refractivity contribution in [3.05, 3.63) is 65.7 Å². The van der Waals surface area contributed by atoms with Gasteiger partial charge in [0.2, 0.25) is 10.0 Å². The number of rotatable bonds is 5. The molecule has 0 atom stereocenters. The molecule has 26 heavy (non-hydrogen) atoms. The van der Waals surface area contributed by atoms with E-state index in [-0.39, 0.29) is 23.3 Å². The summed E-state index contributed by atoms with van der Waals surface area (Å²) in [6.45, 7) is 2.62. The maximum absolute atomic E-state index is 12.5. The van der Waals surface area contributed by atoms with Crippen molar-refractivity contribution in [2.75, 3.05) is 13.1 Å². The van der Waals surface area contributed by atoms with E-state index in [0.29, 0.717) is 5.56 Å². The Balaban J connectivity index is 0.00000243. The van der Waals surface area contributed by atoms with Gasteiger partial charge in [-0.2, -0.15) is 5.26 Å². The molecule has 2 aromatic carbocycles. The zero-order valence-corrected chi connectivity index (χ0v) is 16.0. The number of benzene rings is 2. The van der Waals surface area contributed by atoms with Gasteiger partial charge in [0, 0.05) is 25.7 Å². The first-order chi connectivity index (χ1) is 12.1. The van der Waals surface area contributed by atoms with E-state index in [1.54, 1.807) is 12.1 Å². The van der Waals surface area contributed by atoms with Gasteiger partial charge in [-0.05, 0) is 36.6 Å². The van der Waals surface area contributed by atoms with Gasteiger partial charge < -0.3 is 0 Å². The SMILES string of the molecule is Cl.N#Cc1cccc(S(=O)(=O)NC2CCN(Cc3ccccc3)CC2)c1. The Morgan fingerprint density at radius 1 is 1.08 bits per heavy atom. The van der Waals surface area contributed by atoms with E-state index in [2.05, 4.69) is 21.8 Å². The molecule has 1 heterocycles. The van der Waals surface area contributed by atoms with Gasteiger partial charge >= 0.3 is 0 Å². The Hall–Kier alpha value is -1.91. The fourth-order valence-electron chi connectivity index (χ4n) is 3.07.